The van der Waals surface area contributed by atoms with Gasteiger partial charge in [0.2, 0.25) is 11.8 Å². The third kappa shape index (κ3) is 4.29. The molecule has 1 N–H and O–H groups in total. The molecule has 0 unspecified atom stereocenters. The van der Waals surface area contributed by atoms with Crippen molar-refractivity contribution in [3.05, 3.63) is 58.6 Å². The number of halogens is 3. The van der Waals surface area contributed by atoms with Gasteiger partial charge in [0.1, 0.15) is 6.54 Å². The minimum absolute atomic E-state index is 0.107. The van der Waals surface area contributed by atoms with E-state index < -0.39 is 17.5 Å². The standard InChI is InChI=1S/C17H15ClF2N2O2/c1-10-7-12(18)3-6-16(10)22(11(2)23)9-17(24)21-13-4-5-14(19)15(20)8-13/h3-8H,9H2,1-2H3,(H,21,24). The van der Waals surface area contributed by atoms with Crippen LogP contribution in [0.15, 0.2) is 36.4 Å². The smallest absolute Gasteiger partial charge is 0.244 e. The number of carbonyl (C=O) groups excluding carboxylic acids is 2. The van der Waals surface area contributed by atoms with E-state index in [0.717, 1.165) is 17.7 Å². The predicted octanol–water partition coefficient (Wildman–Crippen LogP) is 3.92. The van der Waals surface area contributed by atoms with Gasteiger partial charge in [-0.2, -0.15) is 0 Å². The fraction of sp³-hybridized carbons (Fsp3) is 0.176. The summed E-state index contributed by atoms with van der Waals surface area (Å²) >= 11 is 5.89. The maximum atomic E-state index is 13.2. The van der Waals surface area contributed by atoms with Gasteiger partial charge in [0.05, 0.1) is 0 Å². The maximum absolute atomic E-state index is 13.2. The van der Waals surface area contributed by atoms with Gasteiger partial charge in [-0.05, 0) is 42.8 Å². The first-order chi connectivity index (χ1) is 11.3. The molecule has 0 bridgehead atoms. The number of rotatable bonds is 4. The van der Waals surface area contributed by atoms with Crippen molar-refractivity contribution in [2.75, 3.05) is 16.8 Å². The second kappa shape index (κ2) is 7.40. The number of hydrogen-bond acceptors (Lipinski definition) is 2. The Hall–Kier alpha value is -2.47. The van der Waals surface area contributed by atoms with Crippen LogP contribution >= 0.6 is 11.6 Å². The van der Waals surface area contributed by atoms with Crippen LogP contribution in [0, 0.1) is 18.6 Å². The van der Waals surface area contributed by atoms with Crippen molar-refractivity contribution < 1.29 is 18.4 Å². The van der Waals surface area contributed by atoms with Gasteiger partial charge >= 0.3 is 0 Å². The Bertz CT molecular complexity index is 796. The molecular weight excluding hydrogens is 338 g/mol. The van der Waals surface area contributed by atoms with Crippen LogP contribution in [-0.2, 0) is 9.59 Å². The van der Waals surface area contributed by atoms with Crippen molar-refractivity contribution in [3.8, 4) is 0 Å². The molecule has 0 aliphatic heterocycles. The lowest BCUT2D eigenvalue weighted by atomic mass is 10.1. The Morgan fingerprint density at radius 1 is 1.12 bits per heavy atom. The first-order valence-corrected chi connectivity index (χ1v) is 7.45. The van der Waals surface area contributed by atoms with Crippen molar-refractivity contribution in [3.63, 3.8) is 0 Å². The second-order valence-electron chi connectivity index (χ2n) is 5.21. The van der Waals surface area contributed by atoms with Gasteiger partial charge in [-0.15, -0.1) is 0 Å². The largest absolute Gasteiger partial charge is 0.324 e. The highest BCUT2D eigenvalue weighted by Gasteiger charge is 2.18. The van der Waals surface area contributed by atoms with E-state index in [1.54, 1.807) is 25.1 Å². The molecule has 0 atom stereocenters. The Labute approximate surface area is 143 Å². The zero-order valence-electron chi connectivity index (χ0n) is 13.1. The third-order valence-corrected chi connectivity index (χ3v) is 3.57. The summed E-state index contributed by atoms with van der Waals surface area (Å²) in [6.45, 7) is 2.83. The maximum Gasteiger partial charge on any atom is 0.244 e. The van der Waals surface area contributed by atoms with E-state index in [9.17, 15) is 18.4 Å². The number of nitrogens with zero attached hydrogens (tertiary/aromatic N) is 1. The normalized spacial score (nSPS) is 10.4. The number of amides is 2. The summed E-state index contributed by atoms with van der Waals surface area (Å²) in [7, 11) is 0. The van der Waals surface area contributed by atoms with E-state index >= 15 is 0 Å². The molecule has 24 heavy (non-hydrogen) atoms. The lowest BCUT2D eigenvalue weighted by molar-refractivity contribution is -0.120. The van der Waals surface area contributed by atoms with E-state index in [-0.39, 0.29) is 18.1 Å². The lowest BCUT2D eigenvalue weighted by Gasteiger charge is -2.22. The summed E-state index contributed by atoms with van der Waals surface area (Å²) in [4.78, 5) is 25.3. The Morgan fingerprint density at radius 3 is 2.42 bits per heavy atom. The molecular formula is C17H15ClF2N2O2. The molecule has 2 aromatic carbocycles. The van der Waals surface area contributed by atoms with E-state index in [4.69, 9.17) is 11.6 Å². The average molecular weight is 353 g/mol. The van der Waals surface area contributed by atoms with Crippen LogP contribution in [-0.4, -0.2) is 18.4 Å². The number of nitrogens with one attached hydrogen (secondary N) is 1. The van der Waals surface area contributed by atoms with E-state index in [1.165, 1.54) is 17.9 Å². The quantitative estimate of drug-likeness (QED) is 0.906. The van der Waals surface area contributed by atoms with E-state index in [1.807, 2.05) is 0 Å². The van der Waals surface area contributed by atoms with Gasteiger partial charge in [0.15, 0.2) is 11.6 Å². The Kier molecular flexibility index (Phi) is 5.51. The van der Waals surface area contributed by atoms with Crippen LogP contribution < -0.4 is 10.2 Å². The summed E-state index contributed by atoms with van der Waals surface area (Å²) < 4.78 is 26.1. The molecule has 0 fully saturated rings. The number of benzene rings is 2. The molecule has 4 nitrogen and oxygen atoms in total. The molecule has 0 saturated heterocycles. The monoisotopic (exact) mass is 352 g/mol. The molecule has 2 amide bonds. The second-order valence-corrected chi connectivity index (χ2v) is 5.65. The highest BCUT2D eigenvalue weighted by molar-refractivity contribution is 6.30. The van der Waals surface area contributed by atoms with Crippen LogP contribution in [0.5, 0.6) is 0 Å². The first-order valence-electron chi connectivity index (χ1n) is 7.07. The lowest BCUT2D eigenvalue weighted by Crippen LogP contribution is -2.37. The SMILES string of the molecule is CC(=O)N(CC(=O)Nc1ccc(F)c(F)c1)c1ccc(Cl)cc1C. The van der Waals surface area contributed by atoms with Crippen LogP contribution in [0.4, 0.5) is 20.2 Å². The minimum atomic E-state index is -1.07. The molecule has 0 spiro atoms. The van der Waals surface area contributed by atoms with Crippen LogP contribution in [0.3, 0.4) is 0 Å². The molecule has 0 aliphatic rings. The minimum Gasteiger partial charge on any atom is -0.324 e. The van der Waals surface area contributed by atoms with Gasteiger partial charge in [-0.25, -0.2) is 8.78 Å². The Morgan fingerprint density at radius 2 is 1.83 bits per heavy atom. The van der Waals surface area contributed by atoms with E-state index in [2.05, 4.69) is 5.32 Å². The van der Waals surface area contributed by atoms with Gasteiger partial charge in [0, 0.05) is 29.4 Å². The molecule has 0 aliphatic carbocycles. The zero-order chi connectivity index (χ0) is 17.9. The molecule has 0 radical (unpaired) electrons. The molecule has 126 valence electrons. The number of aryl methyl sites for hydroxylation is 1. The van der Waals surface area contributed by atoms with Gasteiger partial charge in [0.25, 0.3) is 0 Å². The fourth-order valence-electron chi connectivity index (χ4n) is 2.21. The predicted molar refractivity (Wildman–Crippen MR) is 89.2 cm³/mol. The summed E-state index contributed by atoms with van der Waals surface area (Å²) in [6.07, 6.45) is 0. The number of anilines is 2. The molecule has 2 rings (SSSR count). The summed E-state index contributed by atoms with van der Waals surface area (Å²) in [5.41, 5.74) is 1.39. The molecule has 2 aromatic rings. The fourth-order valence-corrected chi connectivity index (χ4v) is 2.43. The van der Waals surface area contributed by atoms with Crippen LogP contribution in [0.2, 0.25) is 5.02 Å². The van der Waals surface area contributed by atoms with Crippen molar-refractivity contribution in [1.82, 2.24) is 0 Å². The third-order valence-electron chi connectivity index (χ3n) is 3.33. The summed E-state index contributed by atoms with van der Waals surface area (Å²) in [5, 5.41) is 2.95. The van der Waals surface area contributed by atoms with Crippen LogP contribution in [0.25, 0.3) is 0 Å². The topological polar surface area (TPSA) is 49.4 Å². The van der Waals surface area contributed by atoms with Crippen molar-refractivity contribution in [2.24, 2.45) is 0 Å². The number of hydrogen-bond donors (Lipinski definition) is 1. The molecule has 7 heteroatoms. The summed E-state index contributed by atoms with van der Waals surface area (Å²) in [5.74, 6) is -2.94. The van der Waals surface area contributed by atoms with Crippen molar-refractivity contribution >= 4 is 34.8 Å². The van der Waals surface area contributed by atoms with Gasteiger partial charge in [-0.3, -0.25) is 9.59 Å². The summed E-state index contributed by atoms with van der Waals surface area (Å²) in [6, 6.07) is 7.97. The van der Waals surface area contributed by atoms with Crippen molar-refractivity contribution in [1.29, 1.82) is 0 Å². The average Bonchev–Trinajstić information content (AvgIpc) is 2.49. The van der Waals surface area contributed by atoms with Crippen molar-refractivity contribution in [2.45, 2.75) is 13.8 Å². The molecule has 0 aromatic heterocycles. The van der Waals surface area contributed by atoms with Gasteiger partial charge < -0.3 is 10.2 Å². The van der Waals surface area contributed by atoms with Crippen LogP contribution in [0.1, 0.15) is 12.5 Å². The highest BCUT2D eigenvalue weighted by atomic mass is 35.5. The zero-order valence-corrected chi connectivity index (χ0v) is 13.8. The molecule has 0 saturated carbocycles. The highest BCUT2D eigenvalue weighted by Crippen LogP contribution is 2.24. The van der Waals surface area contributed by atoms with Gasteiger partial charge in [-0.1, -0.05) is 11.6 Å². The number of carbonyl (C=O) groups is 2. The molecule has 0 heterocycles. The first kappa shape index (κ1) is 17.9. The van der Waals surface area contributed by atoms with E-state index in [0.29, 0.717) is 10.7 Å². The Balaban J connectivity index is 2.16.